The number of nitrogens with zero attached hydrogens (tertiary/aromatic N) is 1. The highest BCUT2D eigenvalue weighted by Crippen LogP contribution is 2.06. The smallest absolute Gasteiger partial charge is 0.431 e. The molecule has 11 heteroatoms. The van der Waals surface area contributed by atoms with Crippen LogP contribution >= 0.6 is 0 Å². The second kappa shape index (κ2) is 18.3. The van der Waals surface area contributed by atoms with Crippen molar-refractivity contribution < 1.29 is 43.2 Å². The highest BCUT2D eigenvalue weighted by molar-refractivity contribution is 5.66. The molecule has 0 saturated heterocycles. The van der Waals surface area contributed by atoms with Crippen molar-refractivity contribution in [3.05, 3.63) is 0 Å². The number of hydrogen-bond acceptors (Lipinski definition) is 9. The van der Waals surface area contributed by atoms with Gasteiger partial charge >= 0.3 is 12.1 Å². The van der Waals surface area contributed by atoms with Gasteiger partial charge in [-0.2, -0.15) is 5.48 Å². The Labute approximate surface area is 178 Å². The first kappa shape index (κ1) is 28.5. The van der Waals surface area contributed by atoms with E-state index >= 15 is 0 Å². The Kier molecular flexibility index (Phi) is 17.4. The SMILES string of the molecule is CN(CCOCCOCCONC(=O)OC(C)(C)C)CCOCCOCCC(=O)O. The third-order valence-corrected chi connectivity index (χ3v) is 3.32. The van der Waals surface area contributed by atoms with Crippen LogP contribution in [0.3, 0.4) is 0 Å². The summed E-state index contributed by atoms with van der Waals surface area (Å²) in [4.78, 5) is 28.7. The predicted octanol–water partition coefficient (Wildman–Crippen LogP) is 0.916. The standard InChI is InChI=1S/C19H38N2O9/c1-19(2,3)30-18(24)20-29-16-15-28-14-13-27-10-7-21(4)6-9-26-12-11-25-8-5-17(22)23/h5-16H2,1-4H3,(H,20,24)(H,22,23). The van der Waals surface area contributed by atoms with Crippen molar-refractivity contribution in [1.29, 1.82) is 0 Å². The molecule has 0 saturated carbocycles. The number of ether oxygens (including phenoxy) is 5. The Morgan fingerprint density at radius 3 is 1.77 bits per heavy atom. The number of carboxylic acid groups (broad SMARTS) is 1. The average Bonchev–Trinajstić information content (AvgIpc) is 2.63. The number of carboxylic acids is 1. The Bertz CT molecular complexity index is 444. The molecule has 178 valence electrons. The Morgan fingerprint density at radius 1 is 0.800 bits per heavy atom. The number of nitrogens with one attached hydrogen (secondary N) is 1. The molecular weight excluding hydrogens is 400 g/mol. The van der Waals surface area contributed by atoms with Crippen molar-refractivity contribution in [2.24, 2.45) is 0 Å². The van der Waals surface area contributed by atoms with E-state index in [9.17, 15) is 9.59 Å². The fourth-order valence-electron chi connectivity index (χ4n) is 1.87. The van der Waals surface area contributed by atoms with Gasteiger partial charge < -0.3 is 33.7 Å². The van der Waals surface area contributed by atoms with Gasteiger partial charge in [0.05, 0.1) is 65.9 Å². The van der Waals surface area contributed by atoms with Crippen molar-refractivity contribution in [3.8, 4) is 0 Å². The molecule has 0 atom stereocenters. The number of amides is 1. The third kappa shape index (κ3) is 22.8. The molecule has 30 heavy (non-hydrogen) atoms. The molecule has 1 amide bonds. The number of hydroxylamine groups is 1. The topological polar surface area (TPSA) is 125 Å². The van der Waals surface area contributed by atoms with Gasteiger partial charge in [-0.15, -0.1) is 0 Å². The van der Waals surface area contributed by atoms with Crippen LogP contribution in [0.15, 0.2) is 0 Å². The average molecular weight is 439 g/mol. The number of likely N-dealkylation sites (N-methyl/N-ethyl adjacent to an activating group) is 1. The first-order valence-corrected chi connectivity index (χ1v) is 10.0. The van der Waals surface area contributed by atoms with E-state index in [1.165, 1.54) is 0 Å². The molecule has 0 aliphatic rings. The maximum Gasteiger partial charge on any atom is 0.431 e. The zero-order chi connectivity index (χ0) is 22.7. The third-order valence-electron chi connectivity index (χ3n) is 3.32. The molecule has 0 spiro atoms. The molecule has 0 aliphatic heterocycles. The number of hydrogen-bond donors (Lipinski definition) is 2. The van der Waals surface area contributed by atoms with Crippen LogP contribution in [0, 0.1) is 0 Å². The highest BCUT2D eigenvalue weighted by Gasteiger charge is 2.15. The fraction of sp³-hybridized carbons (Fsp3) is 0.895. The van der Waals surface area contributed by atoms with E-state index < -0.39 is 17.7 Å². The quantitative estimate of drug-likeness (QED) is 0.222. The first-order chi connectivity index (χ1) is 14.2. The molecule has 0 fully saturated rings. The summed E-state index contributed by atoms with van der Waals surface area (Å²) < 4.78 is 26.4. The summed E-state index contributed by atoms with van der Waals surface area (Å²) >= 11 is 0. The summed E-state index contributed by atoms with van der Waals surface area (Å²) in [6.45, 7) is 10.5. The van der Waals surface area contributed by atoms with Crippen LogP contribution in [0.1, 0.15) is 27.2 Å². The highest BCUT2D eigenvalue weighted by atomic mass is 16.7. The van der Waals surface area contributed by atoms with Gasteiger partial charge in [0.1, 0.15) is 5.60 Å². The van der Waals surface area contributed by atoms with E-state index in [-0.39, 0.29) is 19.6 Å². The van der Waals surface area contributed by atoms with Gasteiger partial charge in [-0.1, -0.05) is 0 Å². The van der Waals surface area contributed by atoms with Gasteiger partial charge in [0.2, 0.25) is 0 Å². The molecule has 0 heterocycles. The molecular formula is C19H38N2O9. The lowest BCUT2D eigenvalue weighted by Crippen LogP contribution is -2.33. The summed E-state index contributed by atoms with van der Waals surface area (Å²) in [6.07, 6.45) is -0.628. The van der Waals surface area contributed by atoms with Crippen LogP contribution < -0.4 is 5.48 Å². The molecule has 2 N–H and O–H groups in total. The normalized spacial score (nSPS) is 11.6. The second-order valence-corrected chi connectivity index (χ2v) is 7.35. The van der Waals surface area contributed by atoms with E-state index in [1.54, 1.807) is 20.8 Å². The van der Waals surface area contributed by atoms with Crippen molar-refractivity contribution in [2.45, 2.75) is 32.8 Å². The molecule has 0 radical (unpaired) electrons. The van der Waals surface area contributed by atoms with E-state index in [0.29, 0.717) is 46.2 Å². The maximum atomic E-state index is 11.3. The summed E-state index contributed by atoms with van der Waals surface area (Å²) in [6, 6.07) is 0. The van der Waals surface area contributed by atoms with Crippen LogP contribution in [0.5, 0.6) is 0 Å². The van der Waals surface area contributed by atoms with Gasteiger partial charge in [0.25, 0.3) is 0 Å². The minimum absolute atomic E-state index is 0.00681. The maximum absolute atomic E-state index is 11.3. The Hall–Kier alpha value is -1.50. The van der Waals surface area contributed by atoms with E-state index in [2.05, 4.69) is 10.4 Å². The molecule has 0 aliphatic carbocycles. The summed E-state index contributed by atoms with van der Waals surface area (Å²) in [5.74, 6) is -0.868. The Balaban J connectivity index is 3.29. The van der Waals surface area contributed by atoms with Gasteiger partial charge in [-0.25, -0.2) is 4.79 Å². The lowest BCUT2D eigenvalue weighted by Gasteiger charge is -2.19. The zero-order valence-electron chi connectivity index (χ0n) is 18.6. The first-order valence-electron chi connectivity index (χ1n) is 10.0. The molecule has 0 aromatic heterocycles. The minimum Gasteiger partial charge on any atom is -0.481 e. The van der Waals surface area contributed by atoms with Crippen LogP contribution in [0.25, 0.3) is 0 Å². The van der Waals surface area contributed by atoms with Crippen molar-refractivity contribution in [3.63, 3.8) is 0 Å². The molecule has 0 aromatic rings. The van der Waals surface area contributed by atoms with Crippen LogP contribution in [0.4, 0.5) is 4.79 Å². The monoisotopic (exact) mass is 438 g/mol. The number of aliphatic carboxylic acids is 1. The van der Waals surface area contributed by atoms with E-state index in [1.807, 2.05) is 7.05 Å². The lowest BCUT2D eigenvalue weighted by molar-refractivity contribution is -0.138. The largest absolute Gasteiger partial charge is 0.481 e. The van der Waals surface area contributed by atoms with Crippen LogP contribution in [-0.4, -0.2) is 107 Å². The summed E-state index contributed by atoms with van der Waals surface area (Å²) in [7, 11) is 1.97. The van der Waals surface area contributed by atoms with Crippen LogP contribution in [0.2, 0.25) is 0 Å². The summed E-state index contributed by atoms with van der Waals surface area (Å²) in [5, 5.41) is 8.47. The van der Waals surface area contributed by atoms with E-state index in [4.69, 9.17) is 33.6 Å². The molecule has 0 rings (SSSR count). The lowest BCUT2D eigenvalue weighted by atomic mass is 10.2. The van der Waals surface area contributed by atoms with Gasteiger partial charge in [-0.3, -0.25) is 9.63 Å². The predicted molar refractivity (Wildman–Crippen MR) is 108 cm³/mol. The fourth-order valence-corrected chi connectivity index (χ4v) is 1.87. The summed E-state index contributed by atoms with van der Waals surface area (Å²) in [5.41, 5.74) is 1.62. The molecule has 11 nitrogen and oxygen atoms in total. The van der Waals surface area contributed by atoms with Gasteiger partial charge in [0, 0.05) is 13.1 Å². The van der Waals surface area contributed by atoms with E-state index in [0.717, 1.165) is 13.1 Å². The minimum atomic E-state index is -0.868. The van der Waals surface area contributed by atoms with Crippen molar-refractivity contribution in [1.82, 2.24) is 10.4 Å². The molecule has 0 bridgehead atoms. The van der Waals surface area contributed by atoms with Crippen molar-refractivity contribution >= 4 is 12.1 Å². The molecule has 0 aromatic carbocycles. The van der Waals surface area contributed by atoms with Gasteiger partial charge in [-0.05, 0) is 27.8 Å². The van der Waals surface area contributed by atoms with Crippen LogP contribution in [-0.2, 0) is 33.3 Å². The molecule has 0 unspecified atom stereocenters. The Morgan fingerprint density at radius 2 is 1.27 bits per heavy atom. The zero-order valence-corrected chi connectivity index (χ0v) is 18.6. The second-order valence-electron chi connectivity index (χ2n) is 7.35. The number of carbonyl (C=O) groups is 2. The number of carbonyl (C=O) groups excluding carboxylic acids is 1. The van der Waals surface area contributed by atoms with Gasteiger partial charge in [0.15, 0.2) is 0 Å². The van der Waals surface area contributed by atoms with Crippen molar-refractivity contribution in [2.75, 3.05) is 79.6 Å². The number of rotatable bonds is 19.